The maximum atomic E-state index is 10.9. The number of rotatable bonds is 0. The molecule has 0 saturated carbocycles. The summed E-state index contributed by atoms with van der Waals surface area (Å²) in [5.74, 6) is 0.622. The zero-order valence-corrected chi connectivity index (χ0v) is 6.55. The van der Waals surface area contributed by atoms with Crippen LogP contribution < -0.4 is 5.32 Å². The summed E-state index contributed by atoms with van der Waals surface area (Å²) in [6, 6.07) is 0. The van der Waals surface area contributed by atoms with Crippen molar-refractivity contribution < 1.29 is 4.79 Å². The van der Waals surface area contributed by atoms with E-state index in [2.05, 4.69) is 18.3 Å². The van der Waals surface area contributed by atoms with Crippen molar-refractivity contribution >= 4 is 5.91 Å². The molecule has 0 aromatic rings. The Morgan fingerprint density at radius 2 is 2.27 bits per heavy atom. The molecule has 58 valence electrons. The van der Waals surface area contributed by atoms with E-state index in [-0.39, 0.29) is 5.91 Å². The van der Waals surface area contributed by atoms with Crippen LogP contribution in [-0.2, 0) is 4.79 Å². The van der Waals surface area contributed by atoms with Crippen LogP contribution in [0.15, 0.2) is 23.4 Å². The highest BCUT2D eigenvalue weighted by Gasteiger charge is 2.27. The predicted octanol–water partition coefficient (Wildman–Crippen LogP) is 1.36. The van der Waals surface area contributed by atoms with Gasteiger partial charge in [0.25, 0.3) is 0 Å². The van der Waals surface area contributed by atoms with Crippen molar-refractivity contribution in [1.82, 2.24) is 5.32 Å². The van der Waals surface area contributed by atoms with Crippen molar-refractivity contribution in [2.45, 2.75) is 19.8 Å². The minimum atomic E-state index is 0.171. The highest BCUT2D eigenvalue weighted by atomic mass is 16.1. The Hall–Kier alpha value is -1.05. The number of allylic oxidation sites excluding steroid dienone is 4. The quantitative estimate of drug-likeness (QED) is 0.553. The standard InChI is InChI=1S/C9H11NO/c1-6-2-3-8-7(4-6)5-9(11)10-8/h2-3,7H,4-5H2,1H3,(H,10,11). The zero-order chi connectivity index (χ0) is 7.84. The Bertz CT molecular complexity index is 263. The molecule has 1 aliphatic carbocycles. The van der Waals surface area contributed by atoms with Gasteiger partial charge < -0.3 is 5.32 Å². The topological polar surface area (TPSA) is 29.1 Å². The van der Waals surface area contributed by atoms with E-state index >= 15 is 0 Å². The Balaban J connectivity index is 2.25. The Labute approximate surface area is 66.0 Å². The number of carbonyl (C=O) groups is 1. The molecular weight excluding hydrogens is 138 g/mol. The molecule has 0 radical (unpaired) electrons. The molecule has 1 amide bonds. The van der Waals surface area contributed by atoms with Gasteiger partial charge in [-0.05, 0) is 19.4 Å². The zero-order valence-electron chi connectivity index (χ0n) is 6.55. The average molecular weight is 149 g/mol. The highest BCUT2D eigenvalue weighted by Crippen LogP contribution is 2.30. The van der Waals surface area contributed by atoms with E-state index in [1.807, 2.05) is 6.08 Å². The van der Waals surface area contributed by atoms with Crippen molar-refractivity contribution in [2.24, 2.45) is 5.92 Å². The fourth-order valence-electron chi connectivity index (χ4n) is 1.70. The third-order valence-corrected chi connectivity index (χ3v) is 2.27. The smallest absolute Gasteiger partial charge is 0.224 e. The van der Waals surface area contributed by atoms with Crippen LogP contribution in [0.3, 0.4) is 0 Å². The van der Waals surface area contributed by atoms with E-state index in [1.54, 1.807) is 0 Å². The number of amides is 1. The number of fused-ring (bicyclic) bond motifs is 1. The lowest BCUT2D eigenvalue weighted by atomic mass is 9.92. The third-order valence-electron chi connectivity index (χ3n) is 2.27. The van der Waals surface area contributed by atoms with Crippen molar-refractivity contribution in [3.63, 3.8) is 0 Å². The summed E-state index contributed by atoms with van der Waals surface area (Å²) >= 11 is 0. The van der Waals surface area contributed by atoms with Gasteiger partial charge in [-0.3, -0.25) is 4.79 Å². The van der Waals surface area contributed by atoms with E-state index in [9.17, 15) is 4.79 Å². The first-order chi connectivity index (χ1) is 5.25. The van der Waals surface area contributed by atoms with Crippen LogP contribution >= 0.6 is 0 Å². The van der Waals surface area contributed by atoms with Crippen LogP contribution in [0.1, 0.15) is 19.8 Å². The summed E-state index contributed by atoms with van der Waals surface area (Å²) in [5, 5.41) is 2.85. The molecule has 1 heterocycles. The second kappa shape index (κ2) is 2.22. The summed E-state index contributed by atoms with van der Waals surface area (Å²) in [7, 11) is 0. The SMILES string of the molecule is CC1=CC=C2NC(=O)CC2C1. The number of nitrogens with one attached hydrogen (secondary N) is 1. The van der Waals surface area contributed by atoms with E-state index < -0.39 is 0 Å². The first-order valence-electron chi connectivity index (χ1n) is 3.93. The molecular formula is C9H11NO. The Kier molecular flexibility index (Phi) is 1.34. The van der Waals surface area contributed by atoms with Gasteiger partial charge in [-0.2, -0.15) is 0 Å². The fourth-order valence-corrected chi connectivity index (χ4v) is 1.70. The Morgan fingerprint density at radius 3 is 3.09 bits per heavy atom. The van der Waals surface area contributed by atoms with Crippen LogP contribution in [0.25, 0.3) is 0 Å². The molecule has 2 heteroatoms. The minimum absolute atomic E-state index is 0.171. The van der Waals surface area contributed by atoms with Gasteiger partial charge >= 0.3 is 0 Å². The lowest BCUT2D eigenvalue weighted by Crippen LogP contribution is -2.13. The second-order valence-electron chi connectivity index (χ2n) is 3.29. The molecule has 11 heavy (non-hydrogen) atoms. The number of hydrogen-bond acceptors (Lipinski definition) is 1. The molecule has 0 bridgehead atoms. The molecule has 0 aromatic carbocycles. The Morgan fingerprint density at radius 1 is 1.45 bits per heavy atom. The van der Waals surface area contributed by atoms with Crippen molar-refractivity contribution in [3.05, 3.63) is 23.4 Å². The van der Waals surface area contributed by atoms with Gasteiger partial charge in [-0.15, -0.1) is 0 Å². The molecule has 1 saturated heterocycles. The predicted molar refractivity (Wildman–Crippen MR) is 42.7 cm³/mol. The largest absolute Gasteiger partial charge is 0.329 e. The first-order valence-corrected chi connectivity index (χ1v) is 3.93. The summed E-state index contributed by atoms with van der Waals surface area (Å²) in [6.45, 7) is 2.11. The maximum absolute atomic E-state index is 10.9. The van der Waals surface area contributed by atoms with Gasteiger partial charge in [0.05, 0.1) is 0 Å². The number of hydrogen-bond donors (Lipinski definition) is 1. The van der Waals surface area contributed by atoms with Gasteiger partial charge in [0.1, 0.15) is 0 Å². The molecule has 2 rings (SSSR count). The summed E-state index contributed by atoms with van der Waals surface area (Å²) in [6.07, 6.45) is 5.83. The van der Waals surface area contributed by atoms with Crippen LogP contribution in [-0.4, -0.2) is 5.91 Å². The molecule has 0 spiro atoms. The molecule has 1 aliphatic heterocycles. The highest BCUT2D eigenvalue weighted by molar-refractivity contribution is 5.82. The van der Waals surface area contributed by atoms with Crippen molar-refractivity contribution in [2.75, 3.05) is 0 Å². The number of carbonyl (C=O) groups excluding carboxylic acids is 1. The first kappa shape index (κ1) is 6.65. The van der Waals surface area contributed by atoms with E-state index in [0.29, 0.717) is 12.3 Å². The lowest BCUT2D eigenvalue weighted by Gasteiger charge is -2.14. The summed E-state index contributed by atoms with van der Waals surface area (Å²) < 4.78 is 0. The van der Waals surface area contributed by atoms with E-state index in [4.69, 9.17) is 0 Å². The van der Waals surface area contributed by atoms with Crippen molar-refractivity contribution in [1.29, 1.82) is 0 Å². The molecule has 2 aliphatic rings. The fraction of sp³-hybridized carbons (Fsp3) is 0.444. The minimum Gasteiger partial charge on any atom is -0.329 e. The van der Waals surface area contributed by atoms with Crippen molar-refractivity contribution in [3.8, 4) is 0 Å². The van der Waals surface area contributed by atoms with Gasteiger partial charge in [0.15, 0.2) is 0 Å². The van der Waals surface area contributed by atoms with Gasteiger partial charge in [0, 0.05) is 18.0 Å². The van der Waals surface area contributed by atoms with Crippen LogP contribution in [0, 0.1) is 5.92 Å². The molecule has 1 atom stereocenters. The monoisotopic (exact) mass is 149 g/mol. The second-order valence-corrected chi connectivity index (χ2v) is 3.29. The molecule has 1 fully saturated rings. The molecule has 0 aromatic heterocycles. The molecule has 2 nitrogen and oxygen atoms in total. The summed E-state index contributed by atoms with van der Waals surface area (Å²) in [5.41, 5.74) is 2.48. The van der Waals surface area contributed by atoms with Crippen LogP contribution in [0.5, 0.6) is 0 Å². The van der Waals surface area contributed by atoms with E-state index in [1.165, 1.54) is 5.57 Å². The van der Waals surface area contributed by atoms with Gasteiger partial charge in [-0.25, -0.2) is 0 Å². The summed E-state index contributed by atoms with van der Waals surface area (Å²) in [4.78, 5) is 10.9. The maximum Gasteiger partial charge on any atom is 0.224 e. The van der Waals surface area contributed by atoms with Crippen LogP contribution in [0.2, 0.25) is 0 Å². The van der Waals surface area contributed by atoms with Gasteiger partial charge in [0.2, 0.25) is 5.91 Å². The van der Waals surface area contributed by atoms with Crippen LogP contribution in [0.4, 0.5) is 0 Å². The average Bonchev–Trinajstić information content (AvgIpc) is 2.27. The lowest BCUT2D eigenvalue weighted by molar-refractivity contribution is -0.119. The molecule has 1 N–H and O–H groups in total. The van der Waals surface area contributed by atoms with Gasteiger partial charge in [-0.1, -0.05) is 11.6 Å². The molecule has 1 unspecified atom stereocenters. The van der Waals surface area contributed by atoms with E-state index in [0.717, 1.165) is 12.1 Å². The third kappa shape index (κ3) is 1.09. The normalized spacial score (nSPS) is 28.8.